The topological polar surface area (TPSA) is 88.8 Å². The van der Waals surface area contributed by atoms with Crippen molar-refractivity contribution in [3.8, 4) is 0 Å². The average Bonchev–Trinajstić information content (AvgIpc) is 3.22. The van der Waals surface area contributed by atoms with Crippen LogP contribution in [0.1, 0.15) is 39.1 Å². The second-order valence-electron chi connectivity index (χ2n) is 7.99. The standard InChI is InChI=1S/C20H25N7O/c1-13(2)27-14(3)23-15-10-22-18(9-16(15)27)24-17-5-7-21-19(25-17)26-8-6-20(4,11-26)12-28/h5,7,9-10,12-13H,6,8,11H2,1-4H3,(H,21,22,24,25). The van der Waals surface area contributed by atoms with Gasteiger partial charge in [0.05, 0.1) is 11.7 Å². The van der Waals surface area contributed by atoms with Crippen LogP contribution in [-0.4, -0.2) is 43.9 Å². The maximum absolute atomic E-state index is 11.3. The molecule has 3 aromatic rings. The fourth-order valence-electron chi connectivity index (χ4n) is 3.79. The third kappa shape index (κ3) is 3.30. The number of carbonyl (C=O) groups excluding carboxylic acids is 1. The van der Waals surface area contributed by atoms with Crippen molar-refractivity contribution in [2.45, 2.75) is 40.2 Å². The van der Waals surface area contributed by atoms with E-state index in [-0.39, 0.29) is 5.41 Å². The van der Waals surface area contributed by atoms with Crippen molar-refractivity contribution in [1.82, 2.24) is 24.5 Å². The average molecular weight is 379 g/mol. The van der Waals surface area contributed by atoms with Crippen LogP contribution in [0.4, 0.5) is 17.6 Å². The molecule has 1 atom stereocenters. The molecule has 0 aromatic carbocycles. The van der Waals surface area contributed by atoms with E-state index >= 15 is 0 Å². The Kier molecular flexibility index (Phi) is 4.49. The molecule has 1 aliphatic rings. The summed E-state index contributed by atoms with van der Waals surface area (Å²) in [5, 5.41) is 3.27. The van der Waals surface area contributed by atoms with Crippen LogP contribution in [-0.2, 0) is 4.79 Å². The molecule has 3 aromatic heterocycles. The first-order valence-corrected chi connectivity index (χ1v) is 9.54. The van der Waals surface area contributed by atoms with Gasteiger partial charge in [-0.05, 0) is 33.3 Å². The molecule has 1 fully saturated rings. The number of pyridine rings is 1. The smallest absolute Gasteiger partial charge is 0.227 e. The van der Waals surface area contributed by atoms with Crippen LogP contribution in [0, 0.1) is 12.3 Å². The molecular weight excluding hydrogens is 354 g/mol. The quantitative estimate of drug-likeness (QED) is 0.681. The number of aryl methyl sites for hydroxylation is 1. The largest absolute Gasteiger partial charge is 0.340 e. The zero-order chi connectivity index (χ0) is 19.9. The minimum Gasteiger partial charge on any atom is -0.340 e. The van der Waals surface area contributed by atoms with E-state index in [9.17, 15) is 4.79 Å². The fraction of sp³-hybridized carbons (Fsp3) is 0.450. The second-order valence-corrected chi connectivity index (χ2v) is 7.99. The number of nitrogens with one attached hydrogen (secondary N) is 1. The van der Waals surface area contributed by atoms with Crippen molar-refractivity contribution in [2.24, 2.45) is 5.41 Å². The Hall–Kier alpha value is -3.03. The Morgan fingerprint density at radius 1 is 1.25 bits per heavy atom. The van der Waals surface area contributed by atoms with Gasteiger partial charge in [0, 0.05) is 36.8 Å². The summed E-state index contributed by atoms with van der Waals surface area (Å²) in [4.78, 5) is 31.4. The molecule has 1 N–H and O–H groups in total. The lowest BCUT2D eigenvalue weighted by atomic mass is 9.92. The van der Waals surface area contributed by atoms with Crippen molar-refractivity contribution in [1.29, 1.82) is 0 Å². The number of carbonyl (C=O) groups is 1. The molecule has 8 heteroatoms. The van der Waals surface area contributed by atoms with E-state index < -0.39 is 0 Å². The summed E-state index contributed by atoms with van der Waals surface area (Å²) in [5.41, 5.74) is 1.60. The lowest BCUT2D eigenvalue weighted by Crippen LogP contribution is -2.27. The van der Waals surface area contributed by atoms with Gasteiger partial charge in [0.1, 0.15) is 29.3 Å². The van der Waals surface area contributed by atoms with Crippen LogP contribution in [0.25, 0.3) is 11.0 Å². The molecular formula is C20H25N7O. The van der Waals surface area contributed by atoms with Crippen molar-refractivity contribution < 1.29 is 4.79 Å². The number of hydrogen-bond donors (Lipinski definition) is 1. The van der Waals surface area contributed by atoms with E-state index in [0.717, 1.165) is 36.1 Å². The molecule has 4 heterocycles. The zero-order valence-electron chi connectivity index (χ0n) is 16.7. The number of aromatic nitrogens is 5. The van der Waals surface area contributed by atoms with Gasteiger partial charge in [-0.25, -0.2) is 15.0 Å². The Labute approximate surface area is 164 Å². The van der Waals surface area contributed by atoms with Gasteiger partial charge in [0.15, 0.2) is 0 Å². The molecule has 0 saturated carbocycles. The van der Waals surface area contributed by atoms with Crippen molar-refractivity contribution in [2.75, 3.05) is 23.3 Å². The van der Waals surface area contributed by atoms with Crippen molar-refractivity contribution >= 4 is 34.9 Å². The van der Waals surface area contributed by atoms with E-state index in [4.69, 9.17) is 0 Å². The van der Waals surface area contributed by atoms with E-state index in [2.05, 4.69) is 43.7 Å². The third-order valence-corrected chi connectivity index (χ3v) is 5.24. The first-order valence-electron chi connectivity index (χ1n) is 9.54. The molecule has 4 rings (SSSR count). The van der Waals surface area contributed by atoms with Crippen molar-refractivity contribution in [3.05, 3.63) is 30.4 Å². The number of hydrogen-bond acceptors (Lipinski definition) is 7. The summed E-state index contributed by atoms with van der Waals surface area (Å²) in [7, 11) is 0. The molecule has 0 bridgehead atoms. The van der Waals surface area contributed by atoms with E-state index in [1.165, 1.54) is 0 Å². The van der Waals surface area contributed by atoms with Gasteiger partial charge in [-0.3, -0.25) is 0 Å². The Morgan fingerprint density at radius 3 is 2.79 bits per heavy atom. The number of imidazole rings is 1. The van der Waals surface area contributed by atoms with Crippen molar-refractivity contribution in [3.63, 3.8) is 0 Å². The summed E-state index contributed by atoms with van der Waals surface area (Å²) < 4.78 is 2.19. The summed E-state index contributed by atoms with van der Waals surface area (Å²) >= 11 is 0. The number of fused-ring (bicyclic) bond motifs is 1. The van der Waals surface area contributed by atoms with E-state index in [0.29, 0.717) is 30.2 Å². The van der Waals surface area contributed by atoms with Gasteiger partial charge in [-0.2, -0.15) is 4.98 Å². The van der Waals surface area contributed by atoms with Gasteiger partial charge in [0.25, 0.3) is 0 Å². The first kappa shape index (κ1) is 18.3. The maximum Gasteiger partial charge on any atom is 0.227 e. The van der Waals surface area contributed by atoms with Crippen LogP contribution in [0.2, 0.25) is 0 Å². The second kappa shape index (κ2) is 6.85. The van der Waals surface area contributed by atoms with Gasteiger partial charge in [0.2, 0.25) is 5.95 Å². The highest BCUT2D eigenvalue weighted by molar-refractivity contribution is 5.79. The van der Waals surface area contributed by atoms with Crippen LogP contribution in [0.5, 0.6) is 0 Å². The lowest BCUT2D eigenvalue weighted by molar-refractivity contribution is -0.114. The fourth-order valence-corrected chi connectivity index (χ4v) is 3.79. The summed E-state index contributed by atoms with van der Waals surface area (Å²) in [6, 6.07) is 4.12. The van der Waals surface area contributed by atoms with Crippen LogP contribution in [0.15, 0.2) is 24.5 Å². The van der Waals surface area contributed by atoms with Gasteiger partial charge >= 0.3 is 0 Å². The highest BCUT2D eigenvalue weighted by Crippen LogP contribution is 2.30. The highest BCUT2D eigenvalue weighted by atomic mass is 16.1. The van der Waals surface area contributed by atoms with Crippen LogP contribution >= 0.6 is 0 Å². The number of aldehydes is 1. The van der Waals surface area contributed by atoms with Crippen LogP contribution < -0.4 is 10.2 Å². The van der Waals surface area contributed by atoms with Gasteiger partial charge < -0.3 is 19.6 Å². The van der Waals surface area contributed by atoms with Crippen LogP contribution in [0.3, 0.4) is 0 Å². The Bertz CT molecular complexity index is 1030. The van der Waals surface area contributed by atoms with Gasteiger partial charge in [-0.1, -0.05) is 6.92 Å². The molecule has 0 spiro atoms. The zero-order valence-corrected chi connectivity index (χ0v) is 16.7. The lowest BCUT2D eigenvalue weighted by Gasteiger charge is -2.19. The summed E-state index contributed by atoms with van der Waals surface area (Å²) in [6.07, 6.45) is 5.35. The highest BCUT2D eigenvalue weighted by Gasteiger charge is 2.34. The SMILES string of the molecule is Cc1nc2cnc(Nc3ccnc(N4CCC(C)(C=O)C4)n3)cc2n1C(C)C. The first-order chi connectivity index (χ1) is 13.4. The monoisotopic (exact) mass is 379 g/mol. The predicted octanol–water partition coefficient (Wildman–Crippen LogP) is 3.27. The molecule has 0 radical (unpaired) electrons. The Balaban J connectivity index is 1.60. The molecule has 1 aliphatic heterocycles. The summed E-state index contributed by atoms with van der Waals surface area (Å²) in [6.45, 7) is 9.67. The predicted molar refractivity (Wildman–Crippen MR) is 109 cm³/mol. The minimum atomic E-state index is -0.327. The Morgan fingerprint density at radius 2 is 2.07 bits per heavy atom. The number of nitrogens with zero attached hydrogens (tertiary/aromatic N) is 6. The molecule has 1 saturated heterocycles. The number of rotatable bonds is 5. The normalized spacial score (nSPS) is 19.5. The molecule has 0 amide bonds. The summed E-state index contributed by atoms with van der Waals surface area (Å²) in [5.74, 6) is 2.97. The maximum atomic E-state index is 11.3. The molecule has 8 nitrogen and oxygen atoms in total. The third-order valence-electron chi connectivity index (χ3n) is 5.24. The number of anilines is 3. The van der Waals surface area contributed by atoms with E-state index in [1.807, 2.05) is 30.9 Å². The minimum absolute atomic E-state index is 0.313. The molecule has 146 valence electrons. The molecule has 1 unspecified atom stereocenters. The molecule has 0 aliphatic carbocycles. The molecule has 28 heavy (non-hydrogen) atoms. The van der Waals surface area contributed by atoms with E-state index in [1.54, 1.807) is 12.4 Å². The van der Waals surface area contributed by atoms with Gasteiger partial charge in [-0.15, -0.1) is 0 Å².